The summed E-state index contributed by atoms with van der Waals surface area (Å²) in [5, 5.41) is 5.22. The second kappa shape index (κ2) is 7.14. The van der Waals surface area contributed by atoms with Crippen LogP contribution in [0, 0.1) is 12.7 Å². The maximum atomic E-state index is 13.1. The Morgan fingerprint density at radius 2 is 1.93 bits per heavy atom. The van der Waals surface area contributed by atoms with Crippen molar-refractivity contribution in [2.24, 2.45) is 0 Å². The molecule has 1 aliphatic heterocycles. The molecule has 1 aromatic heterocycles. The topological polar surface area (TPSA) is 91.4 Å². The van der Waals surface area contributed by atoms with E-state index in [0.717, 1.165) is 10.6 Å². The van der Waals surface area contributed by atoms with E-state index in [0.29, 0.717) is 11.3 Å². The molecule has 1 unspecified atom stereocenters. The highest BCUT2D eigenvalue weighted by Crippen LogP contribution is 2.28. The number of benzene rings is 1. The largest absolute Gasteiger partial charge is 0.349 e. The third kappa shape index (κ3) is 3.79. The molecule has 2 heterocycles. The number of amides is 4. The highest BCUT2D eigenvalue weighted by Gasteiger charge is 2.49. The lowest BCUT2D eigenvalue weighted by atomic mass is 9.92. The van der Waals surface area contributed by atoms with Crippen molar-refractivity contribution in [3.8, 4) is 0 Å². The van der Waals surface area contributed by atoms with Crippen molar-refractivity contribution in [2.75, 3.05) is 6.54 Å². The number of carbonyl (C=O) groups is 3. The number of aromatic nitrogens is 1. The fraction of sp³-hybridized carbons (Fsp3) is 0.263. The first-order valence-corrected chi connectivity index (χ1v) is 8.39. The van der Waals surface area contributed by atoms with E-state index < -0.39 is 35.7 Å². The van der Waals surface area contributed by atoms with Gasteiger partial charge in [0.1, 0.15) is 17.9 Å². The van der Waals surface area contributed by atoms with Crippen molar-refractivity contribution in [3.05, 3.63) is 65.2 Å². The summed E-state index contributed by atoms with van der Waals surface area (Å²) in [6.07, 6.45) is 0. The van der Waals surface area contributed by atoms with E-state index in [1.54, 1.807) is 6.07 Å². The van der Waals surface area contributed by atoms with Gasteiger partial charge < -0.3 is 10.6 Å². The van der Waals surface area contributed by atoms with Crippen LogP contribution in [0.25, 0.3) is 0 Å². The molecule has 140 valence electrons. The van der Waals surface area contributed by atoms with Gasteiger partial charge in [0.2, 0.25) is 5.91 Å². The van der Waals surface area contributed by atoms with E-state index in [1.165, 1.54) is 31.2 Å². The molecule has 1 saturated heterocycles. The predicted octanol–water partition coefficient (Wildman–Crippen LogP) is 1.61. The van der Waals surface area contributed by atoms with Crippen molar-refractivity contribution in [1.82, 2.24) is 20.5 Å². The molecule has 1 aromatic carbocycles. The van der Waals surface area contributed by atoms with E-state index in [4.69, 9.17) is 0 Å². The lowest BCUT2D eigenvalue weighted by molar-refractivity contribution is -0.134. The van der Waals surface area contributed by atoms with Gasteiger partial charge >= 0.3 is 6.03 Å². The van der Waals surface area contributed by atoms with Gasteiger partial charge in [-0.2, -0.15) is 0 Å². The third-order valence-corrected chi connectivity index (χ3v) is 4.41. The predicted molar refractivity (Wildman–Crippen MR) is 94.8 cm³/mol. The number of nitrogens with one attached hydrogen (secondary N) is 2. The summed E-state index contributed by atoms with van der Waals surface area (Å²) in [5.74, 6) is -1.49. The summed E-state index contributed by atoms with van der Waals surface area (Å²) in [7, 11) is 0. The Morgan fingerprint density at radius 1 is 1.22 bits per heavy atom. The molecular formula is C19H19FN4O3. The summed E-state index contributed by atoms with van der Waals surface area (Å²) >= 11 is 0. The van der Waals surface area contributed by atoms with Crippen LogP contribution in [0.3, 0.4) is 0 Å². The van der Waals surface area contributed by atoms with Crippen LogP contribution in [0.1, 0.15) is 23.9 Å². The van der Waals surface area contributed by atoms with E-state index in [2.05, 4.69) is 15.6 Å². The van der Waals surface area contributed by atoms with Crippen molar-refractivity contribution in [2.45, 2.75) is 25.9 Å². The first-order chi connectivity index (χ1) is 12.8. The Hall–Kier alpha value is -3.29. The second-order valence-electron chi connectivity index (χ2n) is 6.50. The Kier molecular flexibility index (Phi) is 4.89. The summed E-state index contributed by atoms with van der Waals surface area (Å²) in [4.78, 5) is 42.3. The van der Waals surface area contributed by atoms with Gasteiger partial charge in [-0.05, 0) is 43.7 Å². The monoisotopic (exact) mass is 370 g/mol. The summed E-state index contributed by atoms with van der Waals surface area (Å²) in [6.45, 7) is 3.15. The van der Waals surface area contributed by atoms with Gasteiger partial charge in [0, 0.05) is 5.69 Å². The first kappa shape index (κ1) is 18.5. The lowest BCUT2D eigenvalue weighted by Crippen LogP contribution is -2.43. The Balaban J connectivity index is 1.66. The van der Waals surface area contributed by atoms with Crippen molar-refractivity contribution in [3.63, 3.8) is 0 Å². The van der Waals surface area contributed by atoms with Gasteiger partial charge in [0.15, 0.2) is 0 Å². The van der Waals surface area contributed by atoms with E-state index in [9.17, 15) is 18.8 Å². The van der Waals surface area contributed by atoms with Crippen molar-refractivity contribution in [1.29, 1.82) is 0 Å². The van der Waals surface area contributed by atoms with Gasteiger partial charge in [-0.15, -0.1) is 0 Å². The third-order valence-electron chi connectivity index (χ3n) is 4.41. The number of nitrogens with zero attached hydrogens (tertiary/aromatic N) is 2. The van der Waals surface area contributed by atoms with Crippen molar-refractivity contribution < 1.29 is 18.8 Å². The number of carbonyl (C=O) groups excluding carboxylic acids is 3. The van der Waals surface area contributed by atoms with Crippen LogP contribution in [0.5, 0.6) is 0 Å². The molecule has 1 fully saturated rings. The smallest absolute Gasteiger partial charge is 0.325 e. The molecule has 0 spiro atoms. The molecule has 0 saturated carbocycles. The molecule has 8 heteroatoms. The summed E-state index contributed by atoms with van der Waals surface area (Å²) in [5.41, 5.74) is 0.597. The van der Waals surface area contributed by atoms with Gasteiger partial charge in [0.25, 0.3) is 5.91 Å². The number of hydrogen-bond donors (Lipinski definition) is 2. The van der Waals surface area contributed by atoms with Crippen LogP contribution in [0.4, 0.5) is 9.18 Å². The molecule has 4 amide bonds. The summed E-state index contributed by atoms with van der Waals surface area (Å²) in [6, 6.07) is 10.1. The van der Waals surface area contributed by atoms with Crippen LogP contribution in [-0.2, 0) is 21.7 Å². The zero-order valence-electron chi connectivity index (χ0n) is 15.0. The van der Waals surface area contributed by atoms with E-state index in [1.807, 2.05) is 19.1 Å². The summed E-state index contributed by atoms with van der Waals surface area (Å²) < 4.78 is 13.1. The fourth-order valence-corrected chi connectivity index (χ4v) is 2.91. The number of urea groups is 1. The van der Waals surface area contributed by atoms with Gasteiger partial charge in [-0.1, -0.05) is 18.2 Å². The molecule has 2 N–H and O–H groups in total. The first-order valence-electron chi connectivity index (χ1n) is 8.39. The molecule has 1 aliphatic rings. The van der Waals surface area contributed by atoms with Crippen LogP contribution in [0.2, 0.25) is 0 Å². The lowest BCUT2D eigenvalue weighted by Gasteiger charge is -2.22. The number of imide groups is 1. The minimum absolute atomic E-state index is 0.194. The average molecular weight is 370 g/mol. The quantitative estimate of drug-likeness (QED) is 0.783. The number of halogens is 1. The molecule has 0 radical (unpaired) electrons. The number of rotatable bonds is 5. The van der Waals surface area contributed by atoms with Crippen LogP contribution >= 0.6 is 0 Å². The zero-order valence-corrected chi connectivity index (χ0v) is 15.0. The van der Waals surface area contributed by atoms with E-state index >= 15 is 0 Å². The van der Waals surface area contributed by atoms with E-state index in [-0.39, 0.29) is 6.54 Å². The molecule has 3 rings (SSSR count). The molecule has 0 bridgehead atoms. The molecule has 0 aliphatic carbocycles. The zero-order chi connectivity index (χ0) is 19.6. The maximum Gasteiger partial charge on any atom is 0.325 e. The second-order valence-corrected chi connectivity index (χ2v) is 6.50. The molecule has 2 aromatic rings. The Labute approximate surface area is 155 Å². The van der Waals surface area contributed by atoms with Gasteiger partial charge in [-0.3, -0.25) is 19.5 Å². The standard InChI is InChI=1S/C19H19FN4O3/c1-12-4-3-5-15(22-12)10-21-16(25)11-24-17(26)19(2,23-18(24)27)13-6-8-14(20)9-7-13/h3-9H,10-11H2,1-2H3,(H,21,25)(H,23,27). The minimum Gasteiger partial charge on any atom is -0.349 e. The molecule has 7 nitrogen and oxygen atoms in total. The number of aryl methyl sites for hydroxylation is 1. The Morgan fingerprint density at radius 3 is 2.59 bits per heavy atom. The normalized spacial score (nSPS) is 19.1. The minimum atomic E-state index is -1.34. The molecular weight excluding hydrogens is 351 g/mol. The van der Waals surface area contributed by atoms with Crippen molar-refractivity contribution >= 4 is 17.8 Å². The van der Waals surface area contributed by atoms with Gasteiger partial charge in [0.05, 0.1) is 12.2 Å². The molecule has 27 heavy (non-hydrogen) atoms. The highest BCUT2D eigenvalue weighted by molar-refractivity contribution is 6.09. The van der Waals surface area contributed by atoms with Crippen LogP contribution in [0.15, 0.2) is 42.5 Å². The Bertz CT molecular complexity index is 900. The average Bonchev–Trinajstić information content (AvgIpc) is 2.85. The number of pyridine rings is 1. The van der Waals surface area contributed by atoms with Gasteiger partial charge in [-0.25, -0.2) is 9.18 Å². The molecule has 1 atom stereocenters. The maximum absolute atomic E-state index is 13.1. The highest BCUT2D eigenvalue weighted by atomic mass is 19.1. The van der Waals surface area contributed by atoms with Crippen LogP contribution in [-0.4, -0.2) is 34.3 Å². The number of hydrogen-bond acceptors (Lipinski definition) is 4. The fourth-order valence-electron chi connectivity index (χ4n) is 2.91. The van der Waals surface area contributed by atoms with Crippen LogP contribution < -0.4 is 10.6 Å². The SMILES string of the molecule is Cc1cccc(CNC(=O)CN2C(=O)NC(C)(c3ccc(F)cc3)C2=O)n1.